The number of esters is 1. The Morgan fingerprint density at radius 3 is 2.79 bits per heavy atom. The first-order valence-electron chi connectivity index (χ1n) is 6.03. The molecule has 0 saturated carbocycles. The highest BCUT2D eigenvalue weighted by molar-refractivity contribution is 9.10. The van der Waals surface area contributed by atoms with Crippen LogP contribution < -0.4 is 10.6 Å². The van der Waals surface area contributed by atoms with Crippen LogP contribution in [0.5, 0.6) is 0 Å². The topological polar surface area (TPSA) is 67.4 Å². The van der Waals surface area contributed by atoms with Gasteiger partial charge in [0.25, 0.3) is 0 Å². The molecule has 0 heterocycles. The summed E-state index contributed by atoms with van der Waals surface area (Å²) in [6.45, 7) is 2.80. The van der Waals surface area contributed by atoms with Crippen molar-refractivity contribution < 1.29 is 14.3 Å². The largest absolute Gasteiger partial charge is 0.466 e. The van der Waals surface area contributed by atoms with Gasteiger partial charge in [0.15, 0.2) is 0 Å². The van der Waals surface area contributed by atoms with Gasteiger partial charge in [0, 0.05) is 17.6 Å². The fourth-order valence-corrected chi connectivity index (χ4v) is 1.85. The standard InChI is InChI=1S/C13H17BrN2O3/c1-2-19-12(17)6-7-15-13(18)16-9-10-4-3-5-11(14)8-10/h3-5,8H,2,6-7,9H2,1H3,(H2,15,16,18). The van der Waals surface area contributed by atoms with E-state index in [2.05, 4.69) is 26.6 Å². The van der Waals surface area contributed by atoms with Gasteiger partial charge in [0.05, 0.1) is 13.0 Å². The molecule has 19 heavy (non-hydrogen) atoms. The number of amides is 2. The Kier molecular flexibility index (Phi) is 6.95. The Morgan fingerprint density at radius 1 is 1.32 bits per heavy atom. The predicted octanol–water partition coefficient (Wildman–Crippen LogP) is 2.20. The van der Waals surface area contributed by atoms with Crippen LogP contribution in [0.4, 0.5) is 4.79 Å². The van der Waals surface area contributed by atoms with E-state index in [4.69, 9.17) is 4.74 Å². The van der Waals surface area contributed by atoms with Crippen molar-refractivity contribution in [2.24, 2.45) is 0 Å². The molecule has 0 unspecified atom stereocenters. The first-order chi connectivity index (χ1) is 9.11. The van der Waals surface area contributed by atoms with Crippen molar-refractivity contribution in [3.05, 3.63) is 34.3 Å². The molecule has 104 valence electrons. The van der Waals surface area contributed by atoms with Crippen LogP contribution in [-0.4, -0.2) is 25.2 Å². The van der Waals surface area contributed by atoms with E-state index < -0.39 is 0 Å². The lowest BCUT2D eigenvalue weighted by Gasteiger charge is -2.07. The van der Waals surface area contributed by atoms with Crippen molar-refractivity contribution in [3.8, 4) is 0 Å². The Balaban J connectivity index is 2.19. The number of carbonyl (C=O) groups excluding carboxylic acids is 2. The minimum absolute atomic E-state index is 0.179. The molecule has 0 aliphatic carbocycles. The molecule has 1 aromatic carbocycles. The summed E-state index contributed by atoms with van der Waals surface area (Å²) in [7, 11) is 0. The average Bonchev–Trinajstić information content (AvgIpc) is 2.37. The highest BCUT2D eigenvalue weighted by Crippen LogP contribution is 2.11. The number of nitrogens with one attached hydrogen (secondary N) is 2. The van der Waals surface area contributed by atoms with Gasteiger partial charge in [-0.15, -0.1) is 0 Å². The molecule has 0 radical (unpaired) electrons. The van der Waals surface area contributed by atoms with E-state index in [1.165, 1.54) is 0 Å². The normalized spacial score (nSPS) is 9.79. The van der Waals surface area contributed by atoms with Gasteiger partial charge < -0.3 is 15.4 Å². The second-order valence-electron chi connectivity index (χ2n) is 3.79. The van der Waals surface area contributed by atoms with Crippen molar-refractivity contribution >= 4 is 27.9 Å². The fraction of sp³-hybridized carbons (Fsp3) is 0.385. The van der Waals surface area contributed by atoms with E-state index in [9.17, 15) is 9.59 Å². The zero-order chi connectivity index (χ0) is 14.1. The van der Waals surface area contributed by atoms with Crippen LogP contribution in [0.1, 0.15) is 18.9 Å². The summed E-state index contributed by atoms with van der Waals surface area (Å²) < 4.78 is 5.72. The number of rotatable bonds is 6. The summed E-state index contributed by atoms with van der Waals surface area (Å²) in [4.78, 5) is 22.5. The Bertz CT molecular complexity index is 438. The molecule has 0 aliphatic heterocycles. The zero-order valence-corrected chi connectivity index (χ0v) is 12.3. The van der Waals surface area contributed by atoms with Crippen LogP contribution in [0.25, 0.3) is 0 Å². The van der Waals surface area contributed by atoms with Crippen LogP contribution in [-0.2, 0) is 16.1 Å². The molecule has 2 amide bonds. The van der Waals surface area contributed by atoms with Crippen molar-refractivity contribution in [2.45, 2.75) is 19.9 Å². The highest BCUT2D eigenvalue weighted by Gasteiger charge is 2.04. The van der Waals surface area contributed by atoms with Crippen molar-refractivity contribution in [3.63, 3.8) is 0 Å². The maximum Gasteiger partial charge on any atom is 0.315 e. The third kappa shape index (κ3) is 6.81. The quantitative estimate of drug-likeness (QED) is 0.786. The number of ether oxygens (including phenoxy) is 1. The third-order valence-electron chi connectivity index (χ3n) is 2.26. The number of benzene rings is 1. The van der Waals surface area contributed by atoms with Crippen LogP contribution >= 0.6 is 15.9 Å². The predicted molar refractivity (Wildman–Crippen MR) is 75.6 cm³/mol. The summed E-state index contributed by atoms with van der Waals surface area (Å²) in [6, 6.07) is 7.37. The molecule has 0 spiro atoms. The molecule has 0 aromatic heterocycles. The first-order valence-corrected chi connectivity index (χ1v) is 6.83. The summed E-state index contributed by atoms with van der Waals surface area (Å²) in [5.41, 5.74) is 0.995. The number of carbonyl (C=O) groups is 2. The van der Waals surface area contributed by atoms with Gasteiger partial charge in [-0.25, -0.2) is 4.79 Å². The molecule has 5 nitrogen and oxygen atoms in total. The second-order valence-corrected chi connectivity index (χ2v) is 4.71. The number of hydrogen-bond donors (Lipinski definition) is 2. The zero-order valence-electron chi connectivity index (χ0n) is 10.7. The molecular weight excluding hydrogens is 312 g/mol. The van der Waals surface area contributed by atoms with Gasteiger partial charge in [-0.1, -0.05) is 28.1 Å². The van der Waals surface area contributed by atoms with E-state index in [1.54, 1.807) is 6.92 Å². The maximum atomic E-state index is 11.5. The van der Waals surface area contributed by atoms with Crippen LogP contribution in [0.2, 0.25) is 0 Å². The van der Waals surface area contributed by atoms with Gasteiger partial charge in [-0.3, -0.25) is 4.79 Å². The third-order valence-corrected chi connectivity index (χ3v) is 2.76. The summed E-state index contributed by atoms with van der Waals surface area (Å²) in [6.07, 6.45) is 0.179. The molecule has 1 aromatic rings. The molecule has 0 atom stereocenters. The number of halogens is 1. The van der Waals surface area contributed by atoms with Crippen LogP contribution in [0.15, 0.2) is 28.7 Å². The molecule has 2 N–H and O–H groups in total. The van der Waals surface area contributed by atoms with Crippen molar-refractivity contribution in [1.29, 1.82) is 0 Å². The van der Waals surface area contributed by atoms with Gasteiger partial charge in [0.1, 0.15) is 0 Å². The average molecular weight is 329 g/mol. The summed E-state index contributed by atoms with van der Waals surface area (Å²) >= 11 is 3.36. The molecule has 0 bridgehead atoms. The van der Waals surface area contributed by atoms with Crippen LogP contribution in [0, 0.1) is 0 Å². The molecular formula is C13H17BrN2O3. The highest BCUT2D eigenvalue weighted by atomic mass is 79.9. The summed E-state index contributed by atoms with van der Waals surface area (Å²) in [5, 5.41) is 5.30. The molecule has 6 heteroatoms. The number of hydrogen-bond acceptors (Lipinski definition) is 3. The minimum Gasteiger partial charge on any atom is -0.466 e. The van der Waals surface area contributed by atoms with Gasteiger partial charge >= 0.3 is 12.0 Å². The lowest BCUT2D eigenvalue weighted by molar-refractivity contribution is -0.142. The van der Waals surface area contributed by atoms with E-state index in [0.29, 0.717) is 13.2 Å². The van der Waals surface area contributed by atoms with Crippen molar-refractivity contribution in [1.82, 2.24) is 10.6 Å². The molecule has 1 rings (SSSR count). The van der Waals surface area contributed by atoms with Gasteiger partial charge in [0.2, 0.25) is 0 Å². The fourth-order valence-electron chi connectivity index (χ4n) is 1.40. The van der Waals surface area contributed by atoms with E-state index in [-0.39, 0.29) is 25.0 Å². The monoisotopic (exact) mass is 328 g/mol. The van der Waals surface area contributed by atoms with E-state index >= 15 is 0 Å². The lowest BCUT2D eigenvalue weighted by Crippen LogP contribution is -2.36. The SMILES string of the molecule is CCOC(=O)CCNC(=O)NCc1cccc(Br)c1. The summed E-state index contributed by atoms with van der Waals surface area (Å²) in [5.74, 6) is -0.310. The molecule has 0 saturated heterocycles. The molecule has 0 fully saturated rings. The minimum atomic E-state index is -0.310. The van der Waals surface area contributed by atoms with Crippen molar-refractivity contribution in [2.75, 3.05) is 13.2 Å². The van der Waals surface area contributed by atoms with Crippen LogP contribution in [0.3, 0.4) is 0 Å². The Morgan fingerprint density at radius 2 is 2.11 bits per heavy atom. The maximum absolute atomic E-state index is 11.5. The van der Waals surface area contributed by atoms with E-state index in [1.807, 2.05) is 24.3 Å². The number of urea groups is 1. The molecule has 0 aliphatic rings. The van der Waals surface area contributed by atoms with Gasteiger partial charge in [-0.2, -0.15) is 0 Å². The lowest BCUT2D eigenvalue weighted by atomic mass is 10.2. The smallest absolute Gasteiger partial charge is 0.315 e. The Labute approximate surface area is 120 Å². The first kappa shape index (κ1) is 15.5. The second kappa shape index (κ2) is 8.53. The van der Waals surface area contributed by atoms with E-state index in [0.717, 1.165) is 10.0 Å². The van der Waals surface area contributed by atoms with Gasteiger partial charge in [-0.05, 0) is 24.6 Å². The Hall–Kier alpha value is -1.56.